The van der Waals surface area contributed by atoms with Gasteiger partial charge in [0.2, 0.25) is 0 Å². The monoisotopic (exact) mass is 228 g/mol. The number of aliphatic hydroxyl groups is 1. The number of hydrogen-bond acceptors (Lipinski definition) is 4. The number of rotatable bonds is 6. The fourth-order valence-electron chi connectivity index (χ4n) is 1.19. The molecule has 0 spiro atoms. The van der Waals surface area contributed by atoms with Gasteiger partial charge < -0.3 is 14.6 Å². The van der Waals surface area contributed by atoms with Crippen molar-refractivity contribution in [3.8, 4) is 11.8 Å². The molecular weight excluding hydrogens is 208 g/mol. The predicted molar refractivity (Wildman–Crippen MR) is 60.7 cm³/mol. The van der Waals surface area contributed by atoms with E-state index in [0.717, 1.165) is 25.7 Å². The summed E-state index contributed by atoms with van der Waals surface area (Å²) >= 11 is 0. The van der Waals surface area contributed by atoms with Crippen LogP contribution in [0.25, 0.3) is 0 Å². The Kier molecular flexibility index (Phi) is 8.59. The molecule has 0 aliphatic heterocycles. The first kappa shape index (κ1) is 14.9. The van der Waals surface area contributed by atoms with E-state index < -0.39 is 18.2 Å². The third-order valence-corrected chi connectivity index (χ3v) is 2.13. The van der Waals surface area contributed by atoms with Crippen molar-refractivity contribution in [1.82, 2.24) is 0 Å². The first-order chi connectivity index (χ1) is 7.67. The van der Waals surface area contributed by atoms with Crippen LogP contribution in [-0.4, -0.2) is 37.5 Å². The van der Waals surface area contributed by atoms with Crippen LogP contribution >= 0.6 is 0 Å². The first-order valence-corrected chi connectivity index (χ1v) is 5.44. The molecule has 0 aliphatic rings. The molecule has 0 saturated heterocycles. The van der Waals surface area contributed by atoms with E-state index in [2.05, 4.69) is 23.5 Å². The molecule has 0 saturated carbocycles. The minimum Gasteiger partial charge on any atom is -0.467 e. The van der Waals surface area contributed by atoms with Gasteiger partial charge in [-0.25, -0.2) is 4.79 Å². The van der Waals surface area contributed by atoms with Gasteiger partial charge in [-0.05, 0) is 6.42 Å². The van der Waals surface area contributed by atoms with Crippen LogP contribution < -0.4 is 0 Å². The van der Waals surface area contributed by atoms with E-state index in [4.69, 9.17) is 4.74 Å². The van der Waals surface area contributed by atoms with E-state index in [1.54, 1.807) is 0 Å². The highest BCUT2D eigenvalue weighted by molar-refractivity contribution is 5.75. The topological polar surface area (TPSA) is 55.8 Å². The second-order valence-corrected chi connectivity index (χ2v) is 3.40. The predicted octanol–water partition coefficient (Wildman–Crippen LogP) is 1.12. The molecule has 1 N–H and O–H groups in total. The van der Waals surface area contributed by atoms with Crippen molar-refractivity contribution >= 4 is 5.97 Å². The quantitative estimate of drug-likeness (QED) is 0.420. The summed E-state index contributed by atoms with van der Waals surface area (Å²) in [5.41, 5.74) is 0. The average molecular weight is 228 g/mol. The van der Waals surface area contributed by atoms with Crippen molar-refractivity contribution in [2.24, 2.45) is 0 Å². The second kappa shape index (κ2) is 9.20. The number of aliphatic hydroxyl groups excluding tert-OH is 1. The lowest BCUT2D eigenvalue weighted by atomic mass is 10.1. The molecule has 4 heteroatoms. The van der Waals surface area contributed by atoms with Crippen LogP contribution in [0.1, 0.15) is 32.6 Å². The lowest BCUT2D eigenvalue weighted by molar-refractivity contribution is -0.156. The van der Waals surface area contributed by atoms with E-state index >= 15 is 0 Å². The van der Waals surface area contributed by atoms with Crippen LogP contribution in [0.5, 0.6) is 0 Å². The van der Waals surface area contributed by atoms with Gasteiger partial charge in [-0.2, -0.15) is 0 Å². The number of methoxy groups -OCH3 is 2. The highest BCUT2D eigenvalue weighted by Crippen LogP contribution is 2.01. The fourth-order valence-corrected chi connectivity index (χ4v) is 1.19. The maximum absolute atomic E-state index is 11.1. The molecule has 16 heavy (non-hydrogen) atoms. The minimum atomic E-state index is -1.13. The molecule has 0 amide bonds. The molecule has 0 aromatic heterocycles. The maximum atomic E-state index is 11.1. The van der Waals surface area contributed by atoms with Gasteiger partial charge in [-0.15, -0.1) is 5.92 Å². The van der Waals surface area contributed by atoms with Gasteiger partial charge in [0.05, 0.1) is 7.11 Å². The first-order valence-electron chi connectivity index (χ1n) is 5.44. The smallest absolute Gasteiger partial charge is 0.338 e. The van der Waals surface area contributed by atoms with Crippen LogP contribution in [0, 0.1) is 11.8 Å². The molecule has 0 aliphatic carbocycles. The number of carbonyl (C=O) groups excluding carboxylic acids is 1. The Morgan fingerprint density at radius 2 is 2.06 bits per heavy atom. The molecular formula is C12H20O4. The Hall–Kier alpha value is -1.05. The van der Waals surface area contributed by atoms with Crippen LogP contribution in [0.15, 0.2) is 0 Å². The third-order valence-electron chi connectivity index (χ3n) is 2.13. The SMILES string of the molecule is CCCCCC#CC(O)C(OC)C(=O)OC. The maximum Gasteiger partial charge on any atom is 0.338 e. The summed E-state index contributed by atoms with van der Waals surface area (Å²) in [4.78, 5) is 11.1. The molecule has 0 aromatic rings. The van der Waals surface area contributed by atoms with E-state index in [1.165, 1.54) is 14.2 Å². The van der Waals surface area contributed by atoms with Gasteiger partial charge in [0, 0.05) is 13.5 Å². The number of ether oxygens (including phenoxy) is 2. The molecule has 0 aromatic carbocycles. The number of carbonyl (C=O) groups is 1. The highest BCUT2D eigenvalue weighted by Gasteiger charge is 2.25. The number of esters is 1. The summed E-state index contributed by atoms with van der Waals surface area (Å²) in [6, 6.07) is 0. The Morgan fingerprint density at radius 1 is 1.38 bits per heavy atom. The van der Waals surface area contributed by atoms with Gasteiger partial charge in [0.25, 0.3) is 0 Å². The van der Waals surface area contributed by atoms with Crippen molar-refractivity contribution in [2.75, 3.05) is 14.2 Å². The molecule has 4 nitrogen and oxygen atoms in total. The standard InChI is InChI=1S/C12H20O4/c1-4-5-6-7-8-9-10(13)11(15-2)12(14)16-3/h10-11,13H,4-7H2,1-3H3. The Morgan fingerprint density at radius 3 is 2.56 bits per heavy atom. The molecule has 2 atom stereocenters. The van der Waals surface area contributed by atoms with Crippen LogP contribution in [0.3, 0.4) is 0 Å². The summed E-state index contributed by atoms with van der Waals surface area (Å²) in [5, 5.41) is 9.57. The van der Waals surface area contributed by atoms with E-state index in [-0.39, 0.29) is 0 Å². The van der Waals surface area contributed by atoms with E-state index in [0.29, 0.717) is 0 Å². The molecule has 0 fully saturated rings. The second-order valence-electron chi connectivity index (χ2n) is 3.40. The third kappa shape index (κ3) is 5.74. The lowest BCUT2D eigenvalue weighted by Crippen LogP contribution is -2.35. The number of unbranched alkanes of at least 4 members (excludes halogenated alkanes) is 3. The van der Waals surface area contributed by atoms with Crippen molar-refractivity contribution in [2.45, 2.75) is 44.8 Å². The Bertz CT molecular complexity index is 251. The molecule has 0 bridgehead atoms. The van der Waals surface area contributed by atoms with Gasteiger partial charge in [0.15, 0.2) is 12.2 Å². The lowest BCUT2D eigenvalue weighted by Gasteiger charge is -2.14. The highest BCUT2D eigenvalue weighted by atomic mass is 16.6. The van der Waals surface area contributed by atoms with Crippen LogP contribution in [0.2, 0.25) is 0 Å². The zero-order chi connectivity index (χ0) is 12.4. The Balaban J connectivity index is 4.09. The molecule has 0 radical (unpaired) electrons. The average Bonchev–Trinajstić information content (AvgIpc) is 2.29. The molecule has 0 rings (SSSR count). The number of hydrogen-bond donors (Lipinski definition) is 1. The van der Waals surface area contributed by atoms with Crippen LogP contribution in [-0.2, 0) is 14.3 Å². The minimum absolute atomic E-state index is 0.613. The van der Waals surface area contributed by atoms with Crippen molar-refractivity contribution in [3.05, 3.63) is 0 Å². The van der Waals surface area contributed by atoms with Gasteiger partial charge in [0.1, 0.15) is 0 Å². The Labute approximate surface area is 96.9 Å². The van der Waals surface area contributed by atoms with Crippen molar-refractivity contribution < 1.29 is 19.4 Å². The zero-order valence-electron chi connectivity index (χ0n) is 10.2. The summed E-state index contributed by atoms with van der Waals surface area (Å²) in [6.45, 7) is 2.11. The summed E-state index contributed by atoms with van der Waals surface area (Å²) in [7, 11) is 2.58. The normalized spacial score (nSPS) is 13.5. The fraction of sp³-hybridized carbons (Fsp3) is 0.750. The molecule has 92 valence electrons. The summed E-state index contributed by atoms with van der Waals surface area (Å²) in [5.74, 6) is 4.80. The largest absolute Gasteiger partial charge is 0.467 e. The van der Waals surface area contributed by atoms with Crippen molar-refractivity contribution in [1.29, 1.82) is 0 Å². The van der Waals surface area contributed by atoms with Gasteiger partial charge in [-0.1, -0.05) is 25.7 Å². The van der Waals surface area contributed by atoms with Crippen molar-refractivity contribution in [3.63, 3.8) is 0 Å². The summed E-state index contributed by atoms with van der Waals surface area (Å²) in [6.07, 6.45) is 1.83. The van der Waals surface area contributed by atoms with E-state index in [1.807, 2.05) is 0 Å². The summed E-state index contributed by atoms with van der Waals surface area (Å²) < 4.78 is 9.29. The zero-order valence-corrected chi connectivity index (χ0v) is 10.2. The van der Waals surface area contributed by atoms with Crippen LogP contribution in [0.4, 0.5) is 0 Å². The van der Waals surface area contributed by atoms with E-state index in [9.17, 15) is 9.90 Å². The molecule has 2 unspecified atom stereocenters. The molecule has 0 heterocycles. The van der Waals surface area contributed by atoms with Gasteiger partial charge in [-0.3, -0.25) is 0 Å². The van der Waals surface area contributed by atoms with Gasteiger partial charge >= 0.3 is 5.97 Å².